The summed E-state index contributed by atoms with van der Waals surface area (Å²) in [6.45, 7) is 3.26. The van der Waals surface area contributed by atoms with Gasteiger partial charge in [0.1, 0.15) is 11.2 Å². The fourth-order valence-electron chi connectivity index (χ4n) is 5.11. The fraction of sp³-hybridized carbons (Fsp3) is 0.550. The van der Waals surface area contributed by atoms with Crippen LogP contribution in [-0.2, 0) is 4.74 Å². The summed E-state index contributed by atoms with van der Waals surface area (Å²) in [7, 11) is 0. The van der Waals surface area contributed by atoms with Gasteiger partial charge >= 0.3 is 0 Å². The molecule has 0 saturated carbocycles. The Kier molecular flexibility index (Phi) is 4.19. The molecule has 11 heteroatoms. The van der Waals surface area contributed by atoms with Crippen molar-refractivity contribution in [2.45, 2.75) is 38.0 Å². The topological polar surface area (TPSA) is 74.6 Å². The number of rotatable bonds is 3. The molecular weight excluding hydrogens is 406 g/mol. The maximum absolute atomic E-state index is 14.0. The lowest BCUT2D eigenvalue weighted by molar-refractivity contribution is -1.17. The Morgan fingerprint density at radius 3 is 2.74 bits per heavy atom. The van der Waals surface area contributed by atoms with Gasteiger partial charge in [-0.25, -0.2) is 9.50 Å². The molecule has 3 atom stereocenters. The van der Waals surface area contributed by atoms with Gasteiger partial charge in [-0.1, -0.05) is 0 Å². The van der Waals surface area contributed by atoms with Gasteiger partial charge in [-0.15, -0.1) is 5.10 Å². The molecule has 3 aliphatic heterocycles. The Bertz CT molecular complexity index is 1090. The van der Waals surface area contributed by atoms with Crippen LogP contribution in [0.15, 0.2) is 24.5 Å². The molecule has 3 aliphatic rings. The van der Waals surface area contributed by atoms with E-state index in [1.54, 1.807) is 12.4 Å². The maximum atomic E-state index is 14.0. The molecule has 0 aliphatic carbocycles. The number of halogens is 2. The largest absolute Gasteiger partial charge is 0.371 e. The lowest BCUT2D eigenvalue weighted by Gasteiger charge is -2.37. The Hall–Kier alpha value is -2.79. The van der Waals surface area contributed by atoms with Crippen LogP contribution in [0.25, 0.3) is 17.0 Å². The van der Waals surface area contributed by atoms with Crippen LogP contribution < -0.4 is 9.80 Å². The zero-order valence-electron chi connectivity index (χ0n) is 17.3. The molecule has 1 N–H and O–H groups in total. The normalized spacial score (nSPS) is 27.9. The minimum Gasteiger partial charge on any atom is -0.371 e. The number of aromatic amines is 1. The van der Waals surface area contributed by atoms with E-state index in [0.29, 0.717) is 5.82 Å². The molecule has 0 radical (unpaired) electrons. The average Bonchev–Trinajstić information content (AvgIpc) is 3.46. The van der Waals surface area contributed by atoms with E-state index in [9.17, 15) is 8.96 Å². The van der Waals surface area contributed by atoms with Gasteiger partial charge in [-0.05, 0) is 25.8 Å². The zero-order chi connectivity index (χ0) is 21.2. The van der Waals surface area contributed by atoms with Crippen molar-refractivity contribution < 1.29 is 18.6 Å². The molecule has 2 bridgehead atoms. The lowest BCUT2D eigenvalue weighted by Crippen LogP contribution is -2.55. The van der Waals surface area contributed by atoms with Crippen LogP contribution in [0.3, 0.4) is 0 Å². The van der Waals surface area contributed by atoms with Crippen LogP contribution in [0.2, 0.25) is 0 Å². The molecule has 3 fully saturated rings. The van der Waals surface area contributed by atoms with Gasteiger partial charge in [0.05, 0.1) is 41.6 Å². The quantitative estimate of drug-likeness (QED) is 0.642. The molecule has 31 heavy (non-hydrogen) atoms. The van der Waals surface area contributed by atoms with Gasteiger partial charge < -0.3 is 14.5 Å². The van der Waals surface area contributed by atoms with E-state index in [1.165, 1.54) is 0 Å². The van der Waals surface area contributed by atoms with Gasteiger partial charge in [-0.2, -0.15) is 5.10 Å². The van der Waals surface area contributed by atoms with Gasteiger partial charge in [-0.3, -0.25) is 5.10 Å². The molecule has 3 aromatic heterocycles. The molecule has 0 spiro atoms. The molecule has 3 aromatic rings. The molecule has 6 heterocycles. The first-order valence-electron chi connectivity index (χ1n) is 10.8. The van der Waals surface area contributed by atoms with Crippen molar-refractivity contribution in [3.63, 3.8) is 0 Å². The number of morpholine rings is 1. The second-order valence-electron chi connectivity index (χ2n) is 8.81. The summed E-state index contributed by atoms with van der Waals surface area (Å²) in [5.74, 6) is 1.47. The number of aromatic nitrogens is 5. The number of nitrogens with one attached hydrogen (secondary N) is 1. The highest BCUT2D eigenvalue weighted by molar-refractivity contribution is 5.78. The van der Waals surface area contributed by atoms with Gasteiger partial charge in [0.15, 0.2) is 24.7 Å². The number of nitrogens with zero attached hydrogens (tertiary/aromatic N) is 7. The first-order chi connectivity index (χ1) is 15.0. The van der Waals surface area contributed by atoms with E-state index in [0.717, 1.165) is 48.6 Å². The Labute approximate surface area is 177 Å². The summed E-state index contributed by atoms with van der Waals surface area (Å²) >= 11 is 0. The summed E-state index contributed by atoms with van der Waals surface area (Å²) in [5.41, 5.74) is 2.44. The zero-order valence-corrected chi connectivity index (χ0v) is 17.3. The van der Waals surface area contributed by atoms with Crippen LogP contribution in [0.5, 0.6) is 0 Å². The van der Waals surface area contributed by atoms with E-state index in [-0.39, 0.29) is 37.9 Å². The first kappa shape index (κ1) is 18.9. The van der Waals surface area contributed by atoms with E-state index in [2.05, 4.69) is 25.0 Å². The number of ether oxygens (including phenoxy) is 1. The molecule has 3 saturated heterocycles. The molecule has 9 nitrogen and oxygen atoms in total. The van der Waals surface area contributed by atoms with Gasteiger partial charge in [0, 0.05) is 34.3 Å². The number of hydrogen-bond donors (Lipinski definition) is 1. The van der Waals surface area contributed by atoms with E-state index >= 15 is 0 Å². The summed E-state index contributed by atoms with van der Waals surface area (Å²) in [4.78, 5) is 6.95. The summed E-state index contributed by atoms with van der Waals surface area (Å²) in [6.07, 6.45) is 6.01. The number of imidazole rings is 1. The Morgan fingerprint density at radius 2 is 2.03 bits per heavy atom. The number of anilines is 2. The van der Waals surface area contributed by atoms with Gasteiger partial charge in [0.25, 0.3) is 0 Å². The lowest BCUT2D eigenvalue weighted by atomic mass is 10.1. The summed E-state index contributed by atoms with van der Waals surface area (Å²) < 4.78 is 35.7. The van der Waals surface area contributed by atoms with Crippen molar-refractivity contribution in [1.82, 2.24) is 24.8 Å². The summed E-state index contributed by atoms with van der Waals surface area (Å²) in [5, 5.41) is 11.9. The summed E-state index contributed by atoms with van der Waals surface area (Å²) in [6, 6.07) is 3.57. The van der Waals surface area contributed by atoms with Crippen molar-refractivity contribution in [2.24, 2.45) is 0 Å². The monoisotopic (exact) mass is 431 g/mol. The standard InChI is InChI=1S/C20H25F2N8O/c1-13-12-30(21,22)7-6-28(13)17-8-19(27-10-14-2-3-15(11-27)31-14)26-29-18(17)9-23-20(29)16-4-5-24-25-16/h4-5,8-9,13-15H,2-3,6-7,10-12H2,1H3,(H,24,25)/q+1. The van der Waals surface area contributed by atoms with Crippen LogP contribution in [0.4, 0.5) is 20.5 Å². The van der Waals surface area contributed by atoms with Crippen molar-refractivity contribution in [1.29, 1.82) is 0 Å². The molecule has 0 aromatic carbocycles. The van der Waals surface area contributed by atoms with Crippen LogP contribution in [0.1, 0.15) is 19.8 Å². The third-order valence-electron chi connectivity index (χ3n) is 6.62. The second kappa shape index (κ2) is 6.86. The van der Waals surface area contributed by atoms with Crippen molar-refractivity contribution in [3.8, 4) is 11.5 Å². The highest BCUT2D eigenvalue weighted by Gasteiger charge is 2.41. The number of hydrogen-bond acceptors (Lipinski definition) is 6. The van der Waals surface area contributed by atoms with Crippen molar-refractivity contribution >= 4 is 17.0 Å². The van der Waals surface area contributed by atoms with Crippen LogP contribution in [0, 0.1) is 0 Å². The van der Waals surface area contributed by atoms with Crippen molar-refractivity contribution in [2.75, 3.05) is 42.5 Å². The highest BCUT2D eigenvalue weighted by atomic mass is 19.4. The van der Waals surface area contributed by atoms with Gasteiger partial charge in [0.2, 0.25) is 0 Å². The predicted octanol–water partition coefficient (Wildman–Crippen LogP) is 2.28. The van der Waals surface area contributed by atoms with Crippen LogP contribution >= 0.6 is 0 Å². The van der Waals surface area contributed by atoms with E-state index in [1.807, 2.05) is 23.6 Å². The highest BCUT2D eigenvalue weighted by Crippen LogP contribution is 2.35. The van der Waals surface area contributed by atoms with E-state index < -0.39 is 4.93 Å². The first-order valence-corrected chi connectivity index (χ1v) is 10.8. The third-order valence-corrected chi connectivity index (χ3v) is 6.62. The fourth-order valence-corrected chi connectivity index (χ4v) is 5.11. The Morgan fingerprint density at radius 1 is 1.23 bits per heavy atom. The minimum atomic E-state index is -1.95. The molecule has 0 amide bonds. The smallest absolute Gasteiger partial charge is 0.179 e. The van der Waals surface area contributed by atoms with Crippen molar-refractivity contribution in [3.05, 3.63) is 24.5 Å². The third kappa shape index (κ3) is 3.23. The number of piperazine rings is 1. The Balaban J connectivity index is 1.47. The second-order valence-corrected chi connectivity index (χ2v) is 8.81. The molecule has 6 rings (SSSR count). The SMILES string of the molecule is CC1C[N+](F)(F)CCN1c1cc(N2CC3CCC(C2)O3)nn2c(-c3ccn[nH]3)ncc12. The predicted molar refractivity (Wildman–Crippen MR) is 110 cm³/mol. The molecule has 3 unspecified atom stereocenters. The average molecular weight is 431 g/mol. The van der Waals surface area contributed by atoms with Crippen LogP contribution in [-0.4, -0.2) is 80.7 Å². The number of H-pyrrole nitrogens is 1. The minimum absolute atomic E-state index is 0.211. The maximum Gasteiger partial charge on any atom is 0.179 e. The molecular formula is C20H25F2N8O+. The molecule has 164 valence electrons. The number of quaternary nitrogens is 1. The van der Waals surface area contributed by atoms with E-state index in [4.69, 9.17) is 9.84 Å². The number of fused-ring (bicyclic) bond motifs is 3.